The van der Waals surface area contributed by atoms with Gasteiger partial charge in [-0.05, 0) is 32.8 Å². The largest absolute Gasteiger partial charge is 0.450 e. The molecule has 28 heavy (non-hydrogen) atoms. The Morgan fingerprint density at radius 2 is 1.79 bits per heavy atom. The first-order chi connectivity index (χ1) is 13.2. The van der Waals surface area contributed by atoms with Gasteiger partial charge in [-0.3, -0.25) is 19.1 Å². The smallest absolute Gasteiger partial charge is 0.380 e. The van der Waals surface area contributed by atoms with Gasteiger partial charge in [0.15, 0.2) is 12.4 Å². The van der Waals surface area contributed by atoms with Gasteiger partial charge >= 0.3 is 5.97 Å². The molecule has 1 aromatic heterocycles. The fourth-order valence-electron chi connectivity index (χ4n) is 2.78. The van der Waals surface area contributed by atoms with Crippen LogP contribution in [0.25, 0.3) is 0 Å². The molecule has 0 spiro atoms. The number of nitrogens with zero attached hydrogens (tertiary/aromatic N) is 2. The van der Waals surface area contributed by atoms with Gasteiger partial charge in [0.1, 0.15) is 0 Å². The van der Waals surface area contributed by atoms with Crippen LogP contribution in [0.1, 0.15) is 34.2 Å². The maximum atomic E-state index is 12.3. The van der Waals surface area contributed by atoms with Crippen molar-refractivity contribution in [3.63, 3.8) is 0 Å². The van der Waals surface area contributed by atoms with E-state index in [0.29, 0.717) is 17.8 Å². The standard InChI is InChI=1S/C20H23N3O5/c1-12-18(13(2)23(4)22-12)19(26)20(27)28-11-17(25)21-16(14(3)24)10-15-8-6-5-7-9-15/h5-9,16H,10-11H2,1-4H3,(H,21,25). The molecule has 8 heteroatoms. The minimum absolute atomic E-state index is 0.165. The number of ether oxygens (including phenoxy) is 1. The van der Waals surface area contributed by atoms with Crippen molar-refractivity contribution in [3.05, 3.63) is 52.8 Å². The summed E-state index contributed by atoms with van der Waals surface area (Å²) in [4.78, 5) is 48.2. The number of aromatic nitrogens is 2. The number of nitrogens with one attached hydrogen (secondary N) is 1. The lowest BCUT2D eigenvalue weighted by Crippen LogP contribution is -2.43. The fourth-order valence-corrected chi connectivity index (χ4v) is 2.78. The van der Waals surface area contributed by atoms with Gasteiger partial charge in [-0.2, -0.15) is 5.10 Å². The van der Waals surface area contributed by atoms with Gasteiger partial charge < -0.3 is 10.1 Å². The first-order valence-electron chi connectivity index (χ1n) is 8.76. The van der Waals surface area contributed by atoms with Crippen LogP contribution in [0.5, 0.6) is 0 Å². The first kappa shape index (κ1) is 21.0. The molecule has 2 aromatic rings. The van der Waals surface area contributed by atoms with Crippen LogP contribution < -0.4 is 5.32 Å². The molecule has 0 aliphatic rings. The highest BCUT2D eigenvalue weighted by Crippen LogP contribution is 2.13. The molecular weight excluding hydrogens is 362 g/mol. The minimum Gasteiger partial charge on any atom is -0.450 e. The van der Waals surface area contributed by atoms with E-state index in [4.69, 9.17) is 4.74 Å². The number of hydrogen-bond acceptors (Lipinski definition) is 6. The van der Waals surface area contributed by atoms with Gasteiger partial charge in [0.05, 0.1) is 17.3 Å². The van der Waals surface area contributed by atoms with Crippen LogP contribution in [0, 0.1) is 13.8 Å². The summed E-state index contributed by atoms with van der Waals surface area (Å²) in [6.07, 6.45) is 0.322. The molecular formula is C20H23N3O5. The second kappa shape index (κ2) is 9.07. The van der Waals surface area contributed by atoms with Crippen molar-refractivity contribution in [2.24, 2.45) is 7.05 Å². The molecule has 1 heterocycles. The average molecular weight is 385 g/mol. The van der Waals surface area contributed by atoms with E-state index in [2.05, 4.69) is 10.4 Å². The maximum Gasteiger partial charge on any atom is 0.380 e. The van der Waals surface area contributed by atoms with Crippen molar-refractivity contribution in [2.75, 3.05) is 6.61 Å². The van der Waals surface area contributed by atoms with Gasteiger partial charge in [0, 0.05) is 12.7 Å². The molecule has 0 saturated heterocycles. The van der Waals surface area contributed by atoms with Crippen molar-refractivity contribution in [3.8, 4) is 0 Å². The molecule has 2 rings (SSSR count). The zero-order valence-corrected chi connectivity index (χ0v) is 16.3. The molecule has 0 fully saturated rings. The number of esters is 1. The maximum absolute atomic E-state index is 12.3. The molecule has 148 valence electrons. The molecule has 1 aromatic carbocycles. The number of Topliss-reactive ketones (excluding diaryl/α,β-unsaturated/α-hetero) is 2. The summed E-state index contributed by atoms with van der Waals surface area (Å²) in [5, 5.41) is 6.61. The normalized spacial score (nSPS) is 11.6. The molecule has 1 unspecified atom stereocenters. The van der Waals surface area contributed by atoms with Crippen molar-refractivity contribution in [1.29, 1.82) is 0 Å². The minimum atomic E-state index is -1.14. The molecule has 1 amide bonds. The number of carbonyl (C=O) groups is 4. The van der Waals surface area contributed by atoms with Crippen molar-refractivity contribution in [1.82, 2.24) is 15.1 Å². The summed E-state index contributed by atoms with van der Waals surface area (Å²) < 4.78 is 6.31. The van der Waals surface area contributed by atoms with Gasteiger partial charge in [0.2, 0.25) is 0 Å². The Balaban J connectivity index is 1.93. The van der Waals surface area contributed by atoms with Gasteiger partial charge in [0.25, 0.3) is 11.7 Å². The molecule has 0 saturated carbocycles. The lowest BCUT2D eigenvalue weighted by Gasteiger charge is -2.16. The molecule has 1 atom stereocenters. The Morgan fingerprint density at radius 1 is 1.14 bits per heavy atom. The zero-order valence-electron chi connectivity index (χ0n) is 16.3. The summed E-state index contributed by atoms with van der Waals surface area (Å²) in [6, 6.07) is 8.48. The highest BCUT2D eigenvalue weighted by Gasteiger charge is 2.26. The van der Waals surface area contributed by atoms with Crippen LogP contribution >= 0.6 is 0 Å². The van der Waals surface area contributed by atoms with E-state index in [-0.39, 0.29) is 11.3 Å². The predicted octanol–water partition coefficient (Wildman–Crippen LogP) is 1.08. The Kier molecular flexibility index (Phi) is 6.81. The zero-order chi connectivity index (χ0) is 20.8. The fraction of sp³-hybridized carbons (Fsp3) is 0.350. The van der Waals surface area contributed by atoms with Crippen LogP contribution in [-0.4, -0.2) is 45.9 Å². The summed E-state index contributed by atoms with van der Waals surface area (Å²) in [6.45, 7) is 3.99. The topological polar surface area (TPSA) is 107 Å². The van der Waals surface area contributed by atoms with Crippen molar-refractivity contribution < 1.29 is 23.9 Å². The van der Waals surface area contributed by atoms with Crippen molar-refractivity contribution in [2.45, 2.75) is 33.2 Å². The number of hydrogen-bond donors (Lipinski definition) is 1. The van der Waals surface area contributed by atoms with E-state index >= 15 is 0 Å². The van der Waals surface area contributed by atoms with Crippen LogP contribution in [-0.2, 0) is 32.6 Å². The molecule has 1 N–H and O–H groups in total. The third kappa shape index (κ3) is 5.12. The highest BCUT2D eigenvalue weighted by molar-refractivity contribution is 6.41. The van der Waals surface area contributed by atoms with Gasteiger partial charge in [-0.1, -0.05) is 30.3 Å². The molecule has 0 aliphatic carbocycles. The Morgan fingerprint density at radius 3 is 2.32 bits per heavy atom. The van der Waals surface area contributed by atoms with Gasteiger partial charge in [-0.25, -0.2) is 4.79 Å². The highest BCUT2D eigenvalue weighted by atomic mass is 16.5. The second-order valence-corrected chi connectivity index (χ2v) is 6.50. The molecule has 0 radical (unpaired) electrons. The van der Waals surface area contributed by atoms with Gasteiger partial charge in [-0.15, -0.1) is 0 Å². The number of rotatable bonds is 8. The third-order valence-electron chi connectivity index (χ3n) is 4.36. The third-order valence-corrected chi connectivity index (χ3v) is 4.36. The Hall–Kier alpha value is -3.29. The van der Waals surface area contributed by atoms with E-state index in [1.54, 1.807) is 20.9 Å². The Labute approximate surface area is 162 Å². The monoisotopic (exact) mass is 385 g/mol. The summed E-state index contributed by atoms with van der Waals surface area (Å²) in [5.41, 5.74) is 1.99. The second-order valence-electron chi connectivity index (χ2n) is 6.50. The molecule has 0 bridgehead atoms. The van der Waals surface area contributed by atoms with E-state index in [1.807, 2.05) is 30.3 Å². The summed E-state index contributed by atoms with van der Waals surface area (Å²) >= 11 is 0. The lowest BCUT2D eigenvalue weighted by molar-refractivity contribution is -0.144. The predicted molar refractivity (Wildman–Crippen MR) is 101 cm³/mol. The van der Waals surface area contributed by atoms with E-state index < -0.39 is 30.3 Å². The van der Waals surface area contributed by atoms with Crippen LogP contribution in [0.2, 0.25) is 0 Å². The number of aryl methyl sites for hydroxylation is 2. The van der Waals surface area contributed by atoms with Crippen LogP contribution in [0.4, 0.5) is 0 Å². The first-order valence-corrected chi connectivity index (χ1v) is 8.76. The SMILES string of the molecule is CC(=O)C(Cc1ccccc1)NC(=O)COC(=O)C(=O)c1c(C)nn(C)c1C. The summed E-state index contributed by atoms with van der Waals surface area (Å²) in [7, 11) is 1.66. The quantitative estimate of drug-likeness (QED) is 0.414. The number of ketones is 2. The number of amides is 1. The molecule has 0 aliphatic heterocycles. The summed E-state index contributed by atoms with van der Waals surface area (Å²) in [5.74, 6) is -2.88. The van der Waals surface area contributed by atoms with E-state index in [1.165, 1.54) is 11.6 Å². The lowest BCUT2D eigenvalue weighted by atomic mass is 10.0. The van der Waals surface area contributed by atoms with Crippen molar-refractivity contribution >= 4 is 23.4 Å². The Bertz CT molecular complexity index is 902. The van der Waals surface area contributed by atoms with E-state index in [0.717, 1.165) is 5.56 Å². The van der Waals surface area contributed by atoms with Crippen LogP contribution in [0.15, 0.2) is 30.3 Å². The number of carbonyl (C=O) groups excluding carboxylic acids is 4. The van der Waals surface area contributed by atoms with E-state index in [9.17, 15) is 19.2 Å². The average Bonchev–Trinajstić information content (AvgIpc) is 2.91. The molecule has 8 nitrogen and oxygen atoms in total. The number of benzene rings is 1. The van der Waals surface area contributed by atoms with Crippen LogP contribution in [0.3, 0.4) is 0 Å².